The highest BCUT2D eigenvalue weighted by molar-refractivity contribution is 6.33. The van der Waals surface area contributed by atoms with Crippen LogP contribution in [0.25, 0.3) is 0 Å². The van der Waals surface area contributed by atoms with Crippen molar-refractivity contribution in [2.45, 2.75) is 31.6 Å². The third-order valence-electron chi connectivity index (χ3n) is 4.54. The maximum Gasteiger partial charge on any atom is 0.0849 e. The van der Waals surface area contributed by atoms with Crippen molar-refractivity contribution in [3.63, 3.8) is 0 Å². The van der Waals surface area contributed by atoms with Gasteiger partial charge in [0.25, 0.3) is 0 Å². The lowest BCUT2D eigenvalue weighted by Gasteiger charge is -2.45. The Morgan fingerprint density at radius 1 is 1.30 bits per heavy atom. The first-order chi connectivity index (χ1) is 11.0. The quantitative estimate of drug-likeness (QED) is 0.904. The zero-order chi connectivity index (χ0) is 16.4. The maximum atomic E-state index is 6.36. The van der Waals surface area contributed by atoms with Gasteiger partial charge in [0.1, 0.15) is 0 Å². The van der Waals surface area contributed by atoms with E-state index >= 15 is 0 Å². The predicted molar refractivity (Wildman–Crippen MR) is 96.3 cm³/mol. The molecule has 2 aliphatic rings. The van der Waals surface area contributed by atoms with E-state index in [0.717, 1.165) is 54.8 Å². The lowest BCUT2D eigenvalue weighted by atomic mass is 10.1. The van der Waals surface area contributed by atoms with Gasteiger partial charge < -0.3 is 10.6 Å². The zero-order valence-electron chi connectivity index (χ0n) is 13.5. The minimum Gasteiger partial charge on any atom is -0.368 e. The fraction of sp³-hybridized carbons (Fsp3) is 0.529. The predicted octanol–water partition coefficient (Wildman–Crippen LogP) is 2.96. The highest BCUT2D eigenvalue weighted by Crippen LogP contribution is 2.26. The van der Waals surface area contributed by atoms with Gasteiger partial charge in [-0.3, -0.25) is 9.80 Å². The van der Waals surface area contributed by atoms with Crippen LogP contribution in [0.5, 0.6) is 0 Å². The Balaban J connectivity index is 1.79. The van der Waals surface area contributed by atoms with E-state index in [1.165, 1.54) is 0 Å². The summed E-state index contributed by atoms with van der Waals surface area (Å²) in [7, 11) is 2.08. The molecular formula is C17H24Cl2N4. The first kappa shape index (κ1) is 17.1. The van der Waals surface area contributed by atoms with Crippen LogP contribution in [0.2, 0.25) is 10.0 Å². The van der Waals surface area contributed by atoms with Crippen LogP contribution in [0.4, 0.5) is 0 Å². The first-order valence-corrected chi connectivity index (χ1v) is 8.84. The lowest BCUT2D eigenvalue weighted by molar-refractivity contribution is 0.0142. The molecule has 126 valence electrons. The van der Waals surface area contributed by atoms with Gasteiger partial charge in [-0.05, 0) is 48.9 Å². The normalized spacial score (nSPS) is 26.7. The van der Waals surface area contributed by atoms with Crippen LogP contribution in [0.3, 0.4) is 0 Å². The molecule has 6 heteroatoms. The number of rotatable bonds is 3. The molecule has 2 aliphatic heterocycles. The molecule has 0 spiro atoms. The number of nitrogens with two attached hydrogens (primary N) is 1. The van der Waals surface area contributed by atoms with E-state index in [9.17, 15) is 0 Å². The SMILES string of the molecule is CN1C=CC(N2CCC[C@@H](N)C2)N(Cc2cc(Cl)ccc2Cl)C1. The van der Waals surface area contributed by atoms with Crippen LogP contribution in [-0.4, -0.2) is 53.7 Å². The number of hydrogen-bond donors (Lipinski definition) is 1. The van der Waals surface area contributed by atoms with Crippen LogP contribution in [-0.2, 0) is 6.54 Å². The molecule has 3 rings (SSSR count). The number of halogens is 2. The molecule has 1 aromatic carbocycles. The average molecular weight is 355 g/mol. The second-order valence-electron chi connectivity index (χ2n) is 6.53. The van der Waals surface area contributed by atoms with Gasteiger partial charge in [0.05, 0.1) is 12.8 Å². The Morgan fingerprint density at radius 3 is 2.91 bits per heavy atom. The van der Waals surface area contributed by atoms with Crippen LogP contribution >= 0.6 is 23.2 Å². The molecule has 0 aliphatic carbocycles. The molecule has 1 unspecified atom stereocenters. The molecule has 1 fully saturated rings. The molecule has 4 nitrogen and oxygen atoms in total. The van der Waals surface area contributed by atoms with Gasteiger partial charge in [0.2, 0.25) is 0 Å². The van der Waals surface area contributed by atoms with Gasteiger partial charge in [-0.2, -0.15) is 0 Å². The summed E-state index contributed by atoms with van der Waals surface area (Å²) in [5.74, 6) is 0. The third kappa shape index (κ3) is 4.20. The first-order valence-electron chi connectivity index (χ1n) is 8.09. The second-order valence-corrected chi connectivity index (χ2v) is 7.38. The van der Waals surface area contributed by atoms with E-state index in [-0.39, 0.29) is 12.2 Å². The topological polar surface area (TPSA) is 35.7 Å². The molecule has 23 heavy (non-hydrogen) atoms. The van der Waals surface area contributed by atoms with Crippen LogP contribution < -0.4 is 5.73 Å². The maximum absolute atomic E-state index is 6.36. The Labute approximate surface area is 148 Å². The average Bonchev–Trinajstić information content (AvgIpc) is 2.51. The number of likely N-dealkylation sites (tertiary alicyclic amines) is 1. The second kappa shape index (κ2) is 7.41. The van der Waals surface area contributed by atoms with Gasteiger partial charge in [-0.25, -0.2) is 0 Å². The summed E-state index contributed by atoms with van der Waals surface area (Å²) >= 11 is 12.5. The van der Waals surface area contributed by atoms with Crippen molar-refractivity contribution in [2.24, 2.45) is 5.73 Å². The van der Waals surface area contributed by atoms with Crippen LogP contribution in [0, 0.1) is 0 Å². The number of nitrogens with zero attached hydrogens (tertiary/aromatic N) is 3. The smallest absolute Gasteiger partial charge is 0.0849 e. The molecule has 0 aromatic heterocycles. The van der Waals surface area contributed by atoms with E-state index in [1.54, 1.807) is 0 Å². The van der Waals surface area contributed by atoms with Crippen LogP contribution in [0.15, 0.2) is 30.5 Å². The molecule has 1 saturated heterocycles. The van der Waals surface area contributed by atoms with Crippen molar-refractivity contribution >= 4 is 23.2 Å². The number of benzene rings is 1. The molecular weight excluding hydrogens is 331 g/mol. The summed E-state index contributed by atoms with van der Waals surface area (Å²) < 4.78 is 0. The molecule has 2 atom stereocenters. The van der Waals surface area contributed by atoms with Crippen molar-refractivity contribution in [3.05, 3.63) is 46.1 Å². The minimum atomic E-state index is 0.257. The highest BCUT2D eigenvalue weighted by Gasteiger charge is 2.29. The Hall–Kier alpha value is -0.780. The van der Waals surface area contributed by atoms with Gasteiger partial charge in [0.15, 0.2) is 0 Å². The van der Waals surface area contributed by atoms with E-state index in [0.29, 0.717) is 0 Å². The molecule has 2 heterocycles. The van der Waals surface area contributed by atoms with Gasteiger partial charge in [-0.15, -0.1) is 0 Å². The summed E-state index contributed by atoms with van der Waals surface area (Å²) in [5, 5.41) is 1.49. The van der Waals surface area contributed by atoms with E-state index < -0.39 is 0 Å². The monoisotopic (exact) mass is 354 g/mol. The molecule has 1 aromatic rings. The Bertz CT molecular complexity index is 578. The largest absolute Gasteiger partial charge is 0.368 e. The molecule has 0 amide bonds. The molecule has 0 saturated carbocycles. The highest BCUT2D eigenvalue weighted by atomic mass is 35.5. The van der Waals surface area contributed by atoms with Gasteiger partial charge in [0, 0.05) is 42.8 Å². The lowest BCUT2D eigenvalue weighted by Crippen LogP contribution is -2.56. The third-order valence-corrected chi connectivity index (χ3v) is 5.14. The van der Waals surface area contributed by atoms with Crippen molar-refractivity contribution in [3.8, 4) is 0 Å². The minimum absolute atomic E-state index is 0.257. The Morgan fingerprint density at radius 2 is 2.13 bits per heavy atom. The fourth-order valence-corrected chi connectivity index (χ4v) is 3.80. The van der Waals surface area contributed by atoms with Crippen molar-refractivity contribution in [1.29, 1.82) is 0 Å². The summed E-state index contributed by atoms with van der Waals surface area (Å²) in [6.45, 7) is 3.66. The van der Waals surface area contributed by atoms with Crippen molar-refractivity contribution in [2.75, 3.05) is 26.8 Å². The van der Waals surface area contributed by atoms with Gasteiger partial charge >= 0.3 is 0 Å². The summed E-state index contributed by atoms with van der Waals surface area (Å²) in [6.07, 6.45) is 6.94. The Kier molecular flexibility index (Phi) is 5.49. The number of piperidine rings is 1. The molecule has 0 bridgehead atoms. The van der Waals surface area contributed by atoms with E-state index in [1.807, 2.05) is 18.2 Å². The van der Waals surface area contributed by atoms with Gasteiger partial charge in [-0.1, -0.05) is 23.2 Å². The summed E-state index contributed by atoms with van der Waals surface area (Å²) in [4.78, 5) is 7.06. The zero-order valence-corrected chi connectivity index (χ0v) is 15.0. The summed E-state index contributed by atoms with van der Waals surface area (Å²) in [6, 6.07) is 5.93. The fourth-order valence-electron chi connectivity index (χ4n) is 3.42. The van der Waals surface area contributed by atoms with E-state index in [2.05, 4.69) is 34.0 Å². The molecule has 2 N–H and O–H groups in total. The number of hydrogen-bond acceptors (Lipinski definition) is 4. The van der Waals surface area contributed by atoms with E-state index in [4.69, 9.17) is 28.9 Å². The van der Waals surface area contributed by atoms with Crippen molar-refractivity contribution < 1.29 is 0 Å². The summed E-state index contributed by atoms with van der Waals surface area (Å²) in [5.41, 5.74) is 7.23. The van der Waals surface area contributed by atoms with Crippen LogP contribution in [0.1, 0.15) is 18.4 Å². The van der Waals surface area contributed by atoms with Crippen molar-refractivity contribution in [1.82, 2.24) is 14.7 Å². The standard InChI is InChI=1S/C17H24Cl2N4/c1-21-8-6-17(22-7-2-3-15(20)11-22)23(12-21)10-13-9-14(18)4-5-16(13)19/h4-6,8-9,15,17H,2-3,7,10-12,20H2,1H3/t15-,17?/m1/s1. The molecule has 0 radical (unpaired) electrons.